The number of esters is 1. The highest BCUT2D eigenvalue weighted by Gasteiger charge is 2.27. The van der Waals surface area contributed by atoms with Crippen LogP contribution in [0, 0.1) is 11.3 Å². The quantitative estimate of drug-likeness (QED) is 0.216. The van der Waals surface area contributed by atoms with Crippen molar-refractivity contribution in [3.63, 3.8) is 0 Å². The van der Waals surface area contributed by atoms with Crippen LogP contribution in [0.2, 0.25) is 0 Å². The predicted octanol–water partition coefficient (Wildman–Crippen LogP) is 4.98. The summed E-state index contributed by atoms with van der Waals surface area (Å²) >= 11 is 0. The van der Waals surface area contributed by atoms with E-state index in [-0.39, 0.29) is 11.8 Å². The highest BCUT2D eigenvalue weighted by molar-refractivity contribution is 5.89. The van der Waals surface area contributed by atoms with Crippen LogP contribution in [0.1, 0.15) is 58.3 Å². The second-order valence-corrected chi connectivity index (χ2v) is 11.2. The number of imidazole rings is 1. The first-order valence-electron chi connectivity index (χ1n) is 14.9. The SMILES string of the molecule is COC(=O)c1ccc2nc(CN3CCC(c4cccc(OCc5ccc(C#N)c6ccoc56)n4)CC3)n(C[C@@H]3CCO3)c2n1. The maximum Gasteiger partial charge on any atom is 0.356 e. The zero-order chi connectivity index (χ0) is 30.0. The Morgan fingerprint density at radius 3 is 2.70 bits per heavy atom. The number of methoxy groups -OCH3 is 1. The van der Waals surface area contributed by atoms with Gasteiger partial charge in [0.2, 0.25) is 5.88 Å². The van der Waals surface area contributed by atoms with Crippen LogP contribution in [0.25, 0.3) is 22.1 Å². The normalized spacial score (nSPS) is 17.4. The molecule has 7 rings (SSSR count). The molecular formula is C33H32N6O5. The van der Waals surface area contributed by atoms with E-state index in [0.29, 0.717) is 48.3 Å². The summed E-state index contributed by atoms with van der Waals surface area (Å²) in [7, 11) is 1.36. The molecule has 2 saturated heterocycles. The molecule has 2 fully saturated rings. The summed E-state index contributed by atoms with van der Waals surface area (Å²) in [5, 5.41) is 10.1. The molecule has 11 heteroatoms. The fourth-order valence-corrected chi connectivity index (χ4v) is 6.02. The minimum Gasteiger partial charge on any atom is -0.473 e. The van der Waals surface area contributed by atoms with Gasteiger partial charge >= 0.3 is 5.97 Å². The van der Waals surface area contributed by atoms with Gasteiger partial charge in [-0.15, -0.1) is 0 Å². The summed E-state index contributed by atoms with van der Waals surface area (Å²) < 4.78 is 24.4. The Balaban J connectivity index is 1.01. The topological polar surface area (TPSA) is 129 Å². The van der Waals surface area contributed by atoms with Gasteiger partial charge in [0.15, 0.2) is 11.3 Å². The molecular weight excluding hydrogens is 560 g/mol. The Kier molecular flexibility index (Phi) is 7.68. The van der Waals surface area contributed by atoms with Gasteiger partial charge in [-0.3, -0.25) is 4.90 Å². The van der Waals surface area contributed by atoms with E-state index in [1.807, 2.05) is 24.3 Å². The van der Waals surface area contributed by atoms with E-state index < -0.39 is 5.97 Å². The molecule has 0 spiro atoms. The van der Waals surface area contributed by atoms with Crippen LogP contribution in [-0.4, -0.2) is 63.3 Å². The van der Waals surface area contributed by atoms with E-state index in [0.717, 1.165) is 66.9 Å². The number of carbonyl (C=O) groups excluding carboxylic acids is 1. The van der Waals surface area contributed by atoms with Crippen molar-refractivity contribution in [3.8, 4) is 11.9 Å². The van der Waals surface area contributed by atoms with Crippen LogP contribution in [0.5, 0.6) is 5.88 Å². The maximum atomic E-state index is 12.1. The first kappa shape index (κ1) is 28.0. The number of nitrogens with zero attached hydrogens (tertiary/aromatic N) is 6. The van der Waals surface area contributed by atoms with Crippen molar-refractivity contribution in [1.82, 2.24) is 24.4 Å². The van der Waals surface area contributed by atoms with Crippen LogP contribution in [0.3, 0.4) is 0 Å². The number of nitriles is 1. The number of hydrogen-bond acceptors (Lipinski definition) is 10. The summed E-state index contributed by atoms with van der Waals surface area (Å²) in [6.07, 6.45) is 4.66. The number of fused-ring (bicyclic) bond motifs is 2. The van der Waals surface area contributed by atoms with E-state index in [1.54, 1.807) is 24.5 Å². The fraction of sp³-hybridized carbons (Fsp3) is 0.364. The first-order chi connectivity index (χ1) is 21.6. The monoisotopic (exact) mass is 592 g/mol. The van der Waals surface area contributed by atoms with Crippen LogP contribution >= 0.6 is 0 Å². The van der Waals surface area contributed by atoms with Crippen molar-refractivity contribution >= 4 is 28.1 Å². The number of aromatic nitrogens is 4. The lowest BCUT2D eigenvalue weighted by atomic mass is 9.93. The summed E-state index contributed by atoms with van der Waals surface area (Å²) in [6.45, 7) is 4.22. The Hall–Kier alpha value is -4.79. The van der Waals surface area contributed by atoms with Crippen LogP contribution in [-0.2, 0) is 29.2 Å². The molecule has 224 valence electrons. The lowest BCUT2D eigenvalue weighted by molar-refractivity contribution is -0.0593. The molecule has 0 saturated carbocycles. The van der Waals surface area contributed by atoms with Gasteiger partial charge in [-0.25, -0.2) is 19.7 Å². The number of likely N-dealkylation sites (tertiary alicyclic amines) is 1. The molecule has 0 unspecified atom stereocenters. The largest absolute Gasteiger partial charge is 0.473 e. The molecule has 1 aromatic carbocycles. The molecule has 2 aliphatic heterocycles. The number of carbonyl (C=O) groups is 1. The number of piperidine rings is 1. The highest BCUT2D eigenvalue weighted by Crippen LogP contribution is 2.30. The van der Waals surface area contributed by atoms with Crippen molar-refractivity contribution < 1.29 is 23.4 Å². The van der Waals surface area contributed by atoms with Crippen molar-refractivity contribution in [2.75, 3.05) is 26.8 Å². The molecule has 2 aliphatic rings. The van der Waals surface area contributed by atoms with Gasteiger partial charge in [0.1, 0.15) is 23.5 Å². The summed E-state index contributed by atoms with van der Waals surface area (Å²) in [6, 6.07) is 17.1. The zero-order valence-electron chi connectivity index (χ0n) is 24.4. The van der Waals surface area contributed by atoms with Gasteiger partial charge in [-0.05, 0) is 62.7 Å². The molecule has 5 aromatic rings. The molecule has 1 atom stereocenters. The predicted molar refractivity (Wildman–Crippen MR) is 160 cm³/mol. The lowest BCUT2D eigenvalue weighted by Crippen LogP contribution is -2.35. The molecule has 0 N–H and O–H groups in total. The van der Waals surface area contributed by atoms with Crippen molar-refractivity contribution in [2.24, 2.45) is 0 Å². The third-order valence-electron chi connectivity index (χ3n) is 8.56. The van der Waals surface area contributed by atoms with Crippen LogP contribution in [0.15, 0.2) is 59.2 Å². The fourth-order valence-electron chi connectivity index (χ4n) is 6.02. The van der Waals surface area contributed by atoms with E-state index >= 15 is 0 Å². The van der Waals surface area contributed by atoms with Crippen molar-refractivity contribution in [1.29, 1.82) is 5.26 Å². The van der Waals surface area contributed by atoms with Gasteiger partial charge < -0.3 is 23.2 Å². The standard InChI is InChI=1S/C33H32N6O5/c1-41-33(40)28-8-7-27-32(37-28)39(18-24-11-15-42-24)29(35-27)19-38-13-9-21(10-14-38)26-3-2-4-30(36-26)44-20-23-6-5-22(17-34)25-12-16-43-31(23)25/h2-8,12,16,21,24H,9-11,13-15,18-20H2,1H3/t24-/m0/s1. The Morgan fingerprint density at radius 2 is 1.93 bits per heavy atom. The third kappa shape index (κ3) is 5.50. The second-order valence-electron chi connectivity index (χ2n) is 11.2. The lowest BCUT2D eigenvalue weighted by Gasteiger charge is -2.32. The number of benzene rings is 1. The number of pyridine rings is 2. The van der Waals surface area contributed by atoms with Gasteiger partial charge in [0.25, 0.3) is 0 Å². The molecule has 44 heavy (non-hydrogen) atoms. The Morgan fingerprint density at radius 1 is 1.07 bits per heavy atom. The molecule has 0 bridgehead atoms. The minimum atomic E-state index is -0.463. The maximum absolute atomic E-state index is 12.1. The summed E-state index contributed by atoms with van der Waals surface area (Å²) in [5.74, 6) is 1.36. The van der Waals surface area contributed by atoms with Crippen LogP contribution in [0.4, 0.5) is 0 Å². The molecule has 11 nitrogen and oxygen atoms in total. The van der Waals surface area contributed by atoms with Gasteiger partial charge in [0.05, 0.1) is 44.2 Å². The van der Waals surface area contributed by atoms with E-state index in [1.165, 1.54) is 7.11 Å². The average molecular weight is 593 g/mol. The molecule has 4 aromatic heterocycles. The number of hydrogen-bond donors (Lipinski definition) is 0. The first-order valence-corrected chi connectivity index (χ1v) is 14.9. The molecule has 0 aliphatic carbocycles. The number of furan rings is 1. The van der Waals surface area contributed by atoms with Crippen molar-refractivity contribution in [2.45, 2.75) is 51.0 Å². The van der Waals surface area contributed by atoms with E-state index in [9.17, 15) is 10.1 Å². The summed E-state index contributed by atoms with van der Waals surface area (Å²) in [4.78, 5) is 28.9. The van der Waals surface area contributed by atoms with E-state index in [2.05, 4.69) is 26.6 Å². The molecule has 0 amide bonds. The number of rotatable bonds is 9. The highest BCUT2D eigenvalue weighted by atomic mass is 16.5. The molecule has 6 heterocycles. The van der Waals surface area contributed by atoms with E-state index in [4.69, 9.17) is 28.6 Å². The minimum absolute atomic E-state index is 0.128. The van der Waals surface area contributed by atoms with Crippen molar-refractivity contribution in [3.05, 3.63) is 83.1 Å². The zero-order valence-corrected chi connectivity index (χ0v) is 24.4. The molecule has 0 radical (unpaired) electrons. The summed E-state index contributed by atoms with van der Waals surface area (Å²) in [5.41, 5.74) is 4.86. The number of ether oxygens (including phenoxy) is 3. The average Bonchev–Trinajstić information content (AvgIpc) is 3.66. The van der Waals surface area contributed by atoms with Crippen LogP contribution < -0.4 is 4.74 Å². The Bertz CT molecular complexity index is 1860. The Labute approximate surface area is 254 Å². The van der Waals surface area contributed by atoms with Gasteiger partial charge in [0, 0.05) is 35.2 Å². The second kappa shape index (κ2) is 12.1. The van der Waals surface area contributed by atoms with Gasteiger partial charge in [-0.1, -0.05) is 12.1 Å². The van der Waals surface area contributed by atoms with Gasteiger partial charge in [-0.2, -0.15) is 5.26 Å². The third-order valence-corrected chi connectivity index (χ3v) is 8.56. The smallest absolute Gasteiger partial charge is 0.356 e.